The molecule has 1 heterocycles. The molecule has 0 atom stereocenters. The van der Waals surface area contributed by atoms with E-state index in [0.717, 1.165) is 5.56 Å². The van der Waals surface area contributed by atoms with Crippen LogP contribution in [0.15, 0.2) is 24.5 Å². The number of aromatic nitrogens is 3. The minimum absolute atomic E-state index is 0.0334. The summed E-state index contributed by atoms with van der Waals surface area (Å²) in [6.45, 7) is 1.95. The Morgan fingerprint density at radius 3 is 2.70 bits per heavy atom. The van der Waals surface area contributed by atoms with Gasteiger partial charge in [-0.05, 0) is 24.6 Å². The highest BCUT2D eigenvalue weighted by Gasteiger charge is 2.10. The van der Waals surface area contributed by atoms with Crippen LogP contribution in [-0.4, -0.2) is 28.9 Å². The Morgan fingerprint density at radius 2 is 2.05 bits per heavy atom. The van der Waals surface area contributed by atoms with E-state index < -0.39 is 10.0 Å². The van der Waals surface area contributed by atoms with Gasteiger partial charge in [-0.25, -0.2) is 17.8 Å². The molecule has 0 unspecified atom stereocenters. The highest BCUT2D eigenvalue weighted by molar-refractivity contribution is 7.92. The molecule has 20 heavy (non-hydrogen) atoms. The maximum atomic E-state index is 11.4. The molecule has 1 aromatic heterocycles. The van der Waals surface area contributed by atoms with Crippen molar-refractivity contribution in [3.63, 3.8) is 0 Å². The number of benzene rings is 1. The quantitative estimate of drug-likeness (QED) is 0.910. The van der Waals surface area contributed by atoms with E-state index in [4.69, 9.17) is 23.2 Å². The summed E-state index contributed by atoms with van der Waals surface area (Å²) in [6.07, 6.45) is 1.44. The van der Waals surface area contributed by atoms with Crippen LogP contribution in [0.2, 0.25) is 10.0 Å². The van der Waals surface area contributed by atoms with Crippen molar-refractivity contribution in [3.05, 3.63) is 40.1 Å². The van der Waals surface area contributed by atoms with E-state index >= 15 is 0 Å². The van der Waals surface area contributed by atoms with Crippen LogP contribution in [0.5, 0.6) is 0 Å². The second kappa shape index (κ2) is 5.99. The Morgan fingerprint density at radius 1 is 1.30 bits per heavy atom. The van der Waals surface area contributed by atoms with Crippen molar-refractivity contribution in [1.82, 2.24) is 14.8 Å². The summed E-state index contributed by atoms with van der Waals surface area (Å²) < 4.78 is 26.6. The standard InChI is InChI=1S/C11H12Cl2N4O2S/c1-2-20(18,19)16-11-14-7-17(15-11)6-8-3-4-9(12)10(13)5-8/h3-5,7H,2,6H2,1H3,(H,15,16). The lowest BCUT2D eigenvalue weighted by Crippen LogP contribution is -2.15. The van der Waals surface area contributed by atoms with Crippen molar-refractivity contribution in [3.8, 4) is 0 Å². The van der Waals surface area contributed by atoms with Crippen molar-refractivity contribution in [1.29, 1.82) is 0 Å². The van der Waals surface area contributed by atoms with Gasteiger partial charge in [-0.3, -0.25) is 0 Å². The van der Waals surface area contributed by atoms with Gasteiger partial charge in [0, 0.05) is 0 Å². The zero-order chi connectivity index (χ0) is 14.8. The fraction of sp³-hybridized carbons (Fsp3) is 0.273. The van der Waals surface area contributed by atoms with Crippen LogP contribution in [-0.2, 0) is 16.6 Å². The average molecular weight is 335 g/mol. The molecule has 1 N–H and O–H groups in total. The number of halogens is 2. The Hall–Kier alpha value is -1.31. The predicted molar refractivity (Wildman–Crippen MR) is 78.7 cm³/mol. The van der Waals surface area contributed by atoms with Gasteiger partial charge in [0.05, 0.1) is 22.3 Å². The number of nitrogens with zero attached hydrogens (tertiary/aromatic N) is 3. The number of anilines is 1. The Labute approximate surface area is 126 Å². The lowest BCUT2D eigenvalue weighted by atomic mass is 10.2. The third-order valence-electron chi connectivity index (χ3n) is 2.49. The summed E-state index contributed by atoms with van der Waals surface area (Å²) in [7, 11) is -3.37. The van der Waals surface area contributed by atoms with Gasteiger partial charge < -0.3 is 0 Å². The molecule has 2 aromatic rings. The van der Waals surface area contributed by atoms with Gasteiger partial charge in [0.25, 0.3) is 5.95 Å². The van der Waals surface area contributed by atoms with Crippen molar-refractivity contribution in [2.75, 3.05) is 10.5 Å². The lowest BCUT2D eigenvalue weighted by molar-refractivity contribution is 0.601. The number of hydrogen-bond donors (Lipinski definition) is 1. The molecular weight excluding hydrogens is 323 g/mol. The van der Waals surface area contributed by atoms with Crippen LogP contribution in [0.4, 0.5) is 5.95 Å². The van der Waals surface area contributed by atoms with E-state index in [1.165, 1.54) is 17.9 Å². The van der Waals surface area contributed by atoms with Crippen LogP contribution in [0.3, 0.4) is 0 Å². The van der Waals surface area contributed by atoms with Gasteiger partial charge in [0.1, 0.15) is 6.33 Å². The molecular formula is C11H12Cl2N4O2S. The summed E-state index contributed by atoms with van der Waals surface area (Å²) in [4.78, 5) is 3.89. The largest absolute Gasteiger partial charge is 0.255 e. The van der Waals surface area contributed by atoms with Crippen molar-refractivity contribution >= 4 is 39.2 Å². The van der Waals surface area contributed by atoms with Gasteiger partial charge in [-0.2, -0.15) is 4.98 Å². The monoisotopic (exact) mass is 334 g/mol. The van der Waals surface area contributed by atoms with E-state index in [1.54, 1.807) is 12.1 Å². The van der Waals surface area contributed by atoms with Crippen LogP contribution in [0, 0.1) is 0 Å². The van der Waals surface area contributed by atoms with Crippen molar-refractivity contribution in [2.45, 2.75) is 13.5 Å². The molecule has 0 spiro atoms. The molecule has 0 aliphatic rings. The first-order chi connectivity index (χ1) is 9.39. The maximum Gasteiger partial charge on any atom is 0.255 e. The number of nitrogens with one attached hydrogen (secondary N) is 1. The number of rotatable bonds is 5. The average Bonchev–Trinajstić information content (AvgIpc) is 2.80. The summed E-state index contributed by atoms with van der Waals surface area (Å²) >= 11 is 11.8. The topological polar surface area (TPSA) is 76.9 Å². The second-order valence-corrected chi connectivity index (χ2v) is 6.85. The van der Waals surface area contributed by atoms with Crippen molar-refractivity contribution in [2.24, 2.45) is 0 Å². The zero-order valence-electron chi connectivity index (χ0n) is 10.5. The number of sulfonamides is 1. The SMILES string of the molecule is CCS(=O)(=O)Nc1ncn(Cc2ccc(Cl)c(Cl)c2)n1. The van der Waals surface area contributed by atoms with Gasteiger partial charge in [-0.15, -0.1) is 5.10 Å². The van der Waals surface area contributed by atoms with Gasteiger partial charge in [0.15, 0.2) is 0 Å². The minimum atomic E-state index is -3.37. The summed E-state index contributed by atoms with van der Waals surface area (Å²) in [5.74, 6) is 0.0147. The van der Waals surface area contributed by atoms with Gasteiger partial charge in [0.2, 0.25) is 10.0 Å². The second-order valence-electron chi connectivity index (χ2n) is 4.02. The molecule has 0 fully saturated rings. The molecule has 1 aromatic carbocycles. The normalized spacial score (nSPS) is 11.6. The molecule has 0 amide bonds. The first-order valence-electron chi connectivity index (χ1n) is 5.73. The van der Waals surface area contributed by atoms with E-state index in [-0.39, 0.29) is 11.7 Å². The van der Waals surface area contributed by atoms with E-state index in [0.29, 0.717) is 16.6 Å². The van der Waals surface area contributed by atoms with Gasteiger partial charge in [-0.1, -0.05) is 29.3 Å². The Kier molecular flexibility index (Phi) is 4.52. The van der Waals surface area contributed by atoms with E-state index in [2.05, 4.69) is 14.8 Å². The predicted octanol–water partition coefficient (Wildman–Crippen LogP) is 2.39. The summed E-state index contributed by atoms with van der Waals surface area (Å²) in [5, 5.41) is 4.96. The summed E-state index contributed by atoms with van der Waals surface area (Å²) in [6, 6.07) is 5.23. The fourth-order valence-electron chi connectivity index (χ4n) is 1.45. The molecule has 0 saturated carbocycles. The fourth-order valence-corrected chi connectivity index (χ4v) is 2.29. The van der Waals surface area contributed by atoms with E-state index in [1.807, 2.05) is 6.07 Å². The lowest BCUT2D eigenvalue weighted by Gasteiger charge is -2.03. The summed E-state index contributed by atoms with van der Waals surface area (Å²) in [5.41, 5.74) is 0.884. The first-order valence-corrected chi connectivity index (χ1v) is 8.14. The molecule has 0 bridgehead atoms. The van der Waals surface area contributed by atoms with Crippen molar-refractivity contribution < 1.29 is 8.42 Å². The Balaban J connectivity index is 2.11. The smallest absolute Gasteiger partial charge is 0.250 e. The highest BCUT2D eigenvalue weighted by atomic mass is 35.5. The van der Waals surface area contributed by atoms with Crippen LogP contribution in [0.25, 0.3) is 0 Å². The minimum Gasteiger partial charge on any atom is -0.250 e. The molecule has 6 nitrogen and oxygen atoms in total. The van der Waals surface area contributed by atoms with Gasteiger partial charge >= 0.3 is 0 Å². The molecule has 108 valence electrons. The maximum absolute atomic E-state index is 11.4. The molecule has 0 aliphatic carbocycles. The van der Waals surface area contributed by atoms with Crippen LogP contribution >= 0.6 is 23.2 Å². The van der Waals surface area contributed by atoms with Crippen LogP contribution in [0.1, 0.15) is 12.5 Å². The molecule has 0 saturated heterocycles. The van der Waals surface area contributed by atoms with E-state index in [9.17, 15) is 8.42 Å². The third-order valence-corrected chi connectivity index (χ3v) is 4.48. The molecule has 9 heteroatoms. The zero-order valence-corrected chi connectivity index (χ0v) is 12.9. The molecule has 2 rings (SSSR count). The molecule has 0 aliphatic heterocycles. The highest BCUT2D eigenvalue weighted by Crippen LogP contribution is 2.22. The third kappa shape index (κ3) is 3.84. The molecule has 0 radical (unpaired) electrons. The first kappa shape index (κ1) is 15.1. The Bertz CT molecular complexity index is 715. The number of hydrogen-bond acceptors (Lipinski definition) is 4. The van der Waals surface area contributed by atoms with Crippen LogP contribution < -0.4 is 4.72 Å².